The molecule has 6 bridgehead atoms. The monoisotopic (exact) mass is 2140 g/mol. The molecule has 3 aromatic heterocycles. The average molecular weight is 2150 g/mol. The van der Waals surface area contributed by atoms with Crippen LogP contribution < -0.4 is 44.4 Å². The standard InChI is InChI=1S/C36H45F2N4O6.C36H47F2N4O6.C35H45F2N4O6.3V/c1-6-21-26(18-43)42-17-28(21)47-31-29(39-24-10-9-20(46-5)16-25(24)40-31)36(37,38)35(12-13-35)11-7-8-22-23-14-19(23)15-27(22)48-33(45)41-30(32(42)44)34(2,3)4;1-7-23-26(20-43)42-19-27(23)47-30-28(39-24-13-12-22(46-6)18-25(24)40-30)36(37,38)35(16-17-35)15-9-11-21-10-8-14-34(21,5)48-32(45)41-29(31(42)44)33(2,3)4;1-6-22-25(19-42)41-18-27(22)46-30-28(38-23-13-12-21(45-5)17-24(23)39-30)35(36,37)34(15-16-34)14-8-10-20-9-7-11-26(20)47-32(44)40-29(31(41)43)33(2,3)4;;;/h9-10,16,19,21-23,26-28,30H,6-8,11-15,17H2,1-5H3,(H,41,45);12-13,18,21,23,26-27,29H,7-11,14-17,19H2,1-6H3,(H,41,45);12-13,17,20,22,25-27,29H,6-11,14-16,18H2,1-5H3,(H,40,44);;;/q3*-1;;;/t19?,21-,22+,23?,26+,27+,28-,30+;21-,23-,26+,27-,29+,34+;20-,22-,25+,26+,27-,29+;;;/m000.../s1. The van der Waals surface area contributed by atoms with Crippen molar-refractivity contribution in [2.24, 2.45) is 79.8 Å². The molecular formula is C107H137F6N12O18V3-3. The minimum Gasteiger partial charge on any atom is -0.540 e. The number of methoxy groups -OCH3 is 3. The van der Waals surface area contributed by atoms with Crippen molar-refractivity contribution in [2.75, 3.05) is 41.0 Å². The number of alkyl carbamates (subject to hydrolysis) is 3. The zero-order chi connectivity index (χ0) is 103. The van der Waals surface area contributed by atoms with Gasteiger partial charge in [0.05, 0.1) is 74.1 Å². The Morgan fingerprint density at radius 1 is 0.384 bits per heavy atom. The van der Waals surface area contributed by atoms with Crippen molar-refractivity contribution in [1.82, 2.24) is 60.6 Å². The van der Waals surface area contributed by atoms with Gasteiger partial charge in [-0.05, 0) is 235 Å². The van der Waals surface area contributed by atoms with Crippen molar-refractivity contribution in [3.05, 3.63) is 71.7 Å². The van der Waals surface area contributed by atoms with E-state index in [2.05, 4.69) is 45.9 Å². The van der Waals surface area contributed by atoms with E-state index in [1.807, 2.05) is 109 Å². The number of alkyl halides is 6. The van der Waals surface area contributed by atoms with Gasteiger partial charge in [-0.15, -0.1) is 0 Å². The Balaban J connectivity index is 0.000000171. The van der Waals surface area contributed by atoms with Crippen molar-refractivity contribution in [2.45, 2.75) is 347 Å². The van der Waals surface area contributed by atoms with Crippen molar-refractivity contribution < 1.29 is 168 Å². The molecule has 3 spiro atoms. The third kappa shape index (κ3) is 21.9. The van der Waals surface area contributed by atoms with Crippen molar-refractivity contribution in [3.8, 4) is 34.9 Å². The topological polar surface area (TPSA) is 360 Å². The van der Waals surface area contributed by atoms with Gasteiger partial charge < -0.3 is 87.7 Å². The quantitative estimate of drug-likeness (QED) is 0.0687. The number of fused-ring (bicyclic) bond motifs is 17. The summed E-state index contributed by atoms with van der Waals surface area (Å²) < 4.78 is 155. The number of halogens is 6. The van der Waals surface area contributed by atoms with Gasteiger partial charge in [0.1, 0.15) is 71.5 Å². The fourth-order valence-electron chi connectivity index (χ4n) is 24.8. The first-order valence-corrected chi connectivity index (χ1v) is 51.5. The molecule has 3 N–H and O–H groups in total. The van der Waals surface area contributed by atoms with Crippen LogP contribution in [0.25, 0.3) is 33.1 Å². The Bertz CT molecular complexity index is 5700. The first-order chi connectivity index (χ1) is 67.8. The second kappa shape index (κ2) is 43.4. The molecule has 6 aliphatic heterocycles. The van der Waals surface area contributed by atoms with Crippen LogP contribution in [0.1, 0.15) is 274 Å². The molecule has 3 aromatic carbocycles. The zero-order valence-corrected chi connectivity index (χ0v) is 90.3. The van der Waals surface area contributed by atoms with Crippen LogP contribution in [0.2, 0.25) is 0 Å². The molecule has 6 aromatic rings. The van der Waals surface area contributed by atoms with Crippen LogP contribution in [0.4, 0.5) is 40.7 Å². The third-order valence-electron chi connectivity index (χ3n) is 34.0. The second-order valence-corrected chi connectivity index (χ2v) is 46.0. The first kappa shape index (κ1) is 113. The number of nitrogens with zero attached hydrogens (tertiary/aromatic N) is 9. The SMILES string of the molecule is CC[C@@H]1[C@@H]2CN(C(=O)[C@H](C(C)(C)C)NC(=O)O[C@@H]3CC4CC4[C@H]3CCCC3(CC3)C(F)(F)c3nc4ccc(OC)cc4nc3O2)[C@@H]1[C-]=O.CC[C@@H]1[C@@H]2CN(C(=O)[C@H](C(C)(C)C)NC(=O)O[C@@H]3CCC[C@H]3CCCC3(CC3)C(F)(F)c3nc4ccc(OC)cc4nc3O2)[C@@H]1[C-]=O.CC[C@@H]1[C@@H]2CN(C(=O)[C@H](C(C)(C)C)NC(=O)O[C@]3(C)CCC[C@H]3CCCC3(CC3)C(F)(F)c3nc4ccc(OC)cc4nc3O2)[C@@H]1[C-]=O.[V].[V].[V]. The van der Waals surface area contributed by atoms with Crippen LogP contribution in [-0.2, 0) is 116 Å². The smallest absolute Gasteiger partial charge is 0.408 e. The van der Waals surface area contributed by atoms with Gasteiger partial charge in [-0.1, -0.05) is 140 Å². The van der Waals surface area contributed by atoms with E-state index in [4.69, 9.17) is 42.6 Å². The molecule has 146 heavy (non-hydrogen) atoms. The van der Waals surface area contributed by atoms with E-state index in [0.717, 1.165) is 38.5 Å². The van der Waals surface area contributed by atoms with E-state index in [9.17, 15) is 43.2 Å². The average Bonchev–Trinajstić information content (AvgIpc) is 1.57. The molecule has 6 amide bonds. The molecule has 9 heterocycles. The van der Waals surface area contributed by atoms with E-state index in [0.29, 0.717) is 167 Å². The van der Waals surface area contributed by atoms with E-state index in [-0.39, 0.29) is 147 Å². The summed E-state index contributed by atoms with van der Waals surface area (Å²) in [4.78, 5) is 152. The van der Waals surface area contributed by atoms with Crippen molar-refractivity contribution >= 4 is 88.0 Å². The molecule has 7 aliphatic carbocycles. The zero-order valence-electron chi connectivity index (χ0n) is 86.2. The van der Waals surface area contributed by atoms with Crippen molar-refractivity contribution in [1.29, 1.82) is 0 Å². The summed E-state index contributed by atoms with van der Waals surface area (Å²) in [5, 5.41) is 8.48. The predicted octanol–water partition coefficient (Wildman–Crippen LogP) is 18.5. The van der Waals surface area contributed by atoms with E-state index in [1.165, 1.54) is 36.0 Å². The van der Waals surface area contributed by atoms with Crippen LogP contribution in [-0.4, -0.2) is 213 Å². The molecule has 2 unspecified atom stereocenters. The maximum atomic E-state index is 16.9. The molecular weight excluding hydrogens is 2010 g/mol. The normalized spacial score (nSPS) is 31.6. The fourth-order valence-corrected chi connectivity index (χ4v) is 24.8. The van der Waals surface area contributed by atoms with Gasteiger partial charge in [-0.25, -0.2) is 63.1 Å². The van der Waals surface area contributed by atoms with E-state index < -0.39 is 181 Å². The number of hydrogen-bond acceptors (Lipinski definition) is 24. The van der Waals surface area contributed by atoms with Gasteiger partial charge in [0, 0.05) is 90.1 Å². The summed E-state index contributed by atoms with van der Waals surface area (Å²) in [6.07, 6.45) is 14.9. The summed E-state index contributed by atoms with van der Waals surface area (Å²) in [7, 11) is 4.51. The number of aromatic nitrogens is 6. The summed E-state index contributed by atoms with van der Waals surface area (Å²) in [6.45, 7) is 23.6. The minimum absolute atomic E-state index is 0. The van der Waals surface area contributed by atoms with Crippen molar-refractivity contribution in [3.63, 3.8) is 0 Å². The molecule has 20 atom stereocenters. The van der Waals surface area contributed by atoms with E-state index >= 15 is 26.3 Å². The van der Waals surface area contributed by atoms with Crippen LogP contribution >= 0.6 is 0 Å². The summed E-state index contributed by atoms with van der Waals surface area (Å²) in [5.74, 6) is -11.7. The fraction of sp³-hybridized carbons (Fsp3) is 0.692. The van der Waals surface area contributed by atoms with Crippen LogP contribution in [0, 0.1) is 79.8 Å². The van der Waals surface area contributed by atoms with Gasteiger partial charge in [-0.3, -0.25) is 14.4 Å². The van der Waals surface area contributed by atoms with Gasteiger partial charge >= 0.3 is 36.0 Å². The summed E-state index contributed by atoms with van der Waals surface area (Å²) >= 11 is 0. The van der Waals surface area contributed by atoms with Gasteiger partial charge in [0.15, 0.2) is 17.1 Å². The summed E-state index contributed by atoms with van der Waals surface area (Å²) in [5.41, 5.74) is -6.65. The third-order valence-corrected chi connectivity index (χ3v) is 34.0. The molecule has 793 valence electrons. The maximum Gasteiger partial charge on any atom is 0.408 e. The Hall–Kier alpha value is -8.96. The number of carbonyl (C=O) groups is 6. The number of benzene rings is 3. The molecule has 30 nitrogen and oxygen atoms in total. The predicted molar refractivity (Wildman–Crippen MR) is 514 cm³/mol. The summed E-state index contributed by atoms with van der Waals surface area (Å²) in [6, 6.07) is 8.48. The molecule has 19 rings (SSSR count). The Morgan fingerprint density at radius 2 is 0.712 bits per heavy atom. The van der Waals surface area contributed by atoms with E-state index in [1.54, 1.807) is 54.6 Å². The number of carbonyl (C=O) groups excluding carboxylic acids is 9. The molecule has 7 saturated carbocycles. The van der Waals surface area contributed by atoms with Gasteiger partial charge in [0.2, 0.25) is 35.4 Å². The van der Waals surface area contributed by atoms with Crippen LogP contribution in [0.5, 0.6) is 34.9 Å². The van der Waals surface area contributed by atoms with Gasteiger partial charge in [0.25, 0.3) is 0 Å². The number of hydrogen-bond donors (Lipinski definition) is 3. The maximum absolute atomic E-state index is 16.9. The first-order valence-electron chi connectivity index (χ1n) is 51.5. The van der Waals surface area contributed by atoms with Crippen LogP contribution in [0.3, 0.4) is 0 Å². The number of nitrogens with one attached hydrogen (secondary N) is 3. The largest absolute Gasteiger partial charge is 0.540 e. The Kier molecular flexibility index (Phi) is 33.5. The number of ether oxygens (including phenoxy) is 9. The number of rotatable bonds is 9. The molecule has 10 fully saturated rings. The molecule has 3 saturated heterocycles. The molecule has 13 aliphatic rings. The number of amides is 6. The minimum atomic E-state index is -3.37. The molecule has 39 heteroatoms. The second-order valence-electron chi connectivity index (χ2n) is 46.0. The van der Waals surface area contributed by atoms with Crippen LogP contribution in [0.15, 0.2) is 54.6 Å². The Morgan fingerprint density at radius 3 is 1.05 bits per heavy atom. The Labute approximate surface area is 885 Å². The molecule has 3 radical (unpaired) electrons. The van der Waals surface area contributed by atoms with Gasteiger partial charge in [-0.2, -0.15) is 26.3 Å².